The van der Waals surface area contributed by atoms with E-state index in [1.165, 1.54) is 11.3 Å². The monoisotopic (exact) mass is 285 g/mol. The first-order valence-corrected chi connectivity index (χ1v) is 7.31. The maximum Gasteiger partial charge on any atom is 0.120 e. The van der Waals surface area contributed by atoms with Crippen LogP contribution in [-0.4, -0.2) is 31.7 Å². The van der Waals surface area contributed by atoms with E-state index in [9.17, 15) is 0 Å². The van der Waals surface area contributed by atoms with Crippen molar-refractivity contribution in [3.05, 3.63) is 54.4 Å². The highest BCUT2D eigenvalue weighted by atomic mass is 16.5. The van der Waals surface area contributed by atoms with Crippen LogP contribution in [0.4, 0.5) is 5.69 Å². The zero-order chi connectivity index (χ0) is 14.9. The van der Waals surface area contributed by atoms with Crippen molar-refractivity contribution < 1.29 is 4.74 Å². The number of ether oxygens (including phenoxy) is 1. The fraction of sp³-hybridized carbons (Fsp3) is 0.353. The first-order valence-electron chi connectivity index (χ1n) is 7.31. The van der Waals surface area contributed by atoms with Crippen molar-refractivity contribution in [3.8, 4) is 5.75 Å². The Kier molecular flexibility index (Phi) is 6.03. The van der Waals surface area contributed by atoms with Crippen molar-refractivity contribution in [1.82, 2.24) is 4.98 Å². The van der Waals surface area contributed by atoms with Crippen molar-refractivity contribution in [2.24, 2.45) is 5.73 Å². The summed E-state index contributed by atoms with van der Waals surface area (Å²) < 4.78 is 5.31. The number of hydrogen-bond acceptors (Lipinski definition) is 4. The van der Waals surface area contributed by atoms with E-state index < -0.39 is 0 Å². The maximum absolute atomic E-state index is 5.66. The molecule has 2 rings (SSSR count). The zero-order valence-electron chi connectivity index (χ0n) is 12.5. The second-order valence-corrected chi connectivity index (χ2v) is 4.94. The second kappa shape index (κ2) is 8.27. The Hall–Kier alpha value is -2.07. The third kappa shape index (κ3) is 4.76. The van der Waals surface area contributed by atoms with Gasteiger partial charge in [-0.25, -0.2) is 0 Å². The molecule has 0 bridgehead atoms. The molecule has 0 aliphatic carbocycles. The van der Waals surface area contributed by atoms with Crippen LogP contribution < -0.4 is 15.4 Å². The van der Waals surface area contributed by atoms with Gasteiger partial charge in [-0.2, -0.15) is 0 Å². The molecule has 0 aliphatic rings. The number of methoxy groups -OCH3 is 1. The van der Waals surface area contributed by atoms with Crippen LogP contribution >= 0.6 is 0 Å². The van der Waals surface area contributed by atoms with Crippen LogP contribution in [0.25, 0.3) is 0 Å². The van der Waals surface area contributed by atoms with Gasteiger partial charge >= 0.3 is 0 Å². The van der Waals surface area contributed by atoms with Crippen LogP contribution in [0.3, 0.4) is 0 Å². The standard InChI is InChI=1S/C17H23N3O/c1-21-17-7-2-6-16(13-17)20(11-4-9-18)12-8-15-5-3-10-19-14-15/h2-3,5-7,10,13-14H,4,8-9,11-12,18H2,1H3. The molecule has 4 nitrogen and oxygen atoms in total. The van der Waals surface area contributed by atoms with Gasteiger partial charge in [0.25, 0.3) is 0 Å². The van der Waals surface area contributed by atoms with Crippen LogP contribution in [0.15, 0.2) is 48.8 Å². The molecule has 0 spiro atoms. The molecule has 0 amide bonds. The van der Waals surface area contributed by atoms with Crippen LogP contribution in [0.1, 0.15) is 12.0 Å². The first-order chi connectivity index (χ1) is 10.3. The van der Waals surface area contributed by atoms with E-state index in [4.69, 9.17) is 10.5 Å². The van der Waals surface area contributed by atoms with E-state index in [0.717, 1.165) is 31.7 Å². The Morgan fingerprint density at radius 3 is 2.81 bits per heavy atom. The molecule has 1 aromatic heterocycles. The van der Waals surface area contributed by atoms with Gasteiger partial charge in [-0.15, -0.1) is 0 Å². The number of anilines is 1. The largest absolute Gasteiger partial charge is 0.497 e. The summed E-state index contributed by atoms with van der Waals surface area (Å²) in [7, 11) is 1.69. The Balaban J connectivity index is 2.06. The number of aromatic nitrogens is 1. The second-order valence-electron chi connectivity index (χ2n) is 4.94. The lowest BCUT2D eigenvalue weighted by molar-refractivity contribution is 0.414. The van der Waals surface area contributed by atoms with Gasteiger partial charge < -0.3 is 15.4 Å². The smallest absolute Gasteiger partial charge is 0.120 e. The fourth-order valence-electron chi connectivity index (χ4n) is 2.27. The molecule has 0 fully saturated rings. The van der Waals surface area contributed by atoms with Crippen LogP contribution in [0.5, 0.6) is 5.75 Å². The molecule has 2 N–H and O–H groups in total. The molecule has 2 aromatic rings. The number of pyridine rings is 1. The van der Waals surface area contributed by atoms with Crippen molar-refractivity contribution in [1.29, 1.82) is 0 Å². The number of nitrogens with zero attached hydrogens (tertiary/aromatic N) is 2. The van der Waals surface area contributed by atoms with Gasteiger partial charge in [-0.3, -0.25) is 4.98 Å². The first kappa shape index (κ1) is 15.3. The predicted octanol–water partition coefficient (Wildman–Crippen LogP) is 2.49. The molecule has 0 saturated carbocycles. The quantitative estimate of drug-likeness (QED) is 0.809. The predicted molar refractivity (Wildman–Crippen MR) is 86.8 cm³/mol. The highest BCUT2D eigenvalue weighted by Crippen LogP contribution is 2.21. The average Bonchev–Trinajstić information content (AvgIpc) is 2.56. The lowest BCUT2D eigenvalue weighted by Gasteiger charge is -2.25. The Bertz CT molecular complexity index is 531. The highest BCUT2D eigenvalue weighted by Gasteiger charge is 2.07. The topological polar surface area (TPSA) is 51.4 Å². The molecule has 0 radical (unpaired) electrons. The van der Waals surface area contributed by atoms with Gasteiger partial charge in [0.05, 0.1) is 7.11 Å². The van der Waals surface area contributed by atoms with Gasteiger partial charge in [0.1, 0.15) is 5.75 Å². The summed E-state index contributed by atoms with van der Waals surface area (Å²) in [5, 5.41) is 0. The van der Waals surface area contributed by atoms with E-state index in [-0.39, 0.29) is 0 Å². The summed E-state index contributed by atoms with van der Waals surface area (Å²) in [6.45, 7) is 2.59. The number of benzene rings is 1. The van der Waals surface area contributed by atoms with Crippen LogP contribution in [0.2, 0.25) is 0 Å². The van der Waals surface area contributed by atoms with Crippen molar-refractivity contribution in [3.63, 3.8) is 0 Å². The summed E-state index contributed by atoms with van der Waals surface area (Å²) in [5.41, 5.74) is 8.08. The minimum absolute atomic E-state index is 0.702. The molecule has 1 heterocycles. The minimum Gasteiger partial charge on any atom is -0.497 e. The summed E-state index contributed by atoms with van der Waals surface area (Å²) in [4.78, 5) is 6.52. The molecule has 0 unspecified atom stereocenters. The lowest BCUT2D eigenvalue weighted by Crippen LogP contribution is -2.28. The Morgan fingerprint density at radius 2 is 2.10 bits per heavy atom. The third-order valence-corrected chi connectivity index (χ3v) is 3.44. The van der Waals surface area contributed by atoms with E-state index in [0.29, 0.717) is 6.54 Å². The van der Waals surface area contributed by atoms with Gasteiger partial charge in [0, 0.05) is 37.2 Å². The molecule has 4 heteroatoms. The zero-order valence-corrected chi connectivity index (χ0v) is 12.5. The molecule has 0 atom stereocenters. The summed E-state index contributed by atoms with van der Waals surface area (Å²) in [6, 6.07) is 12.3. The van der Waals surface area contributed by atoms with Crippen molar-refractivity contribution in [2.45, 2.75) is 12.8 Å². The Morgan fingerprint density at radius 1 is 1.19 bits per heavy atom. The summed E-state index contributed by atoms with van der Waals surface area (Å²) in [6.07, 6.45) is 5.67. The van der Waals surface area contributed by atoms with Crippen LogP contribution in [-0.2, 0) is 6.42 Å². The van der Waals surface area contributed by atoms with Crippen LogP contribution in [0, 0.1) is 0 Å². The van der Waals surface area contributed by atoms with Gasteiger partial charge in [0.2, 0.25) is 0 Å². The molecule has 1 aromatic carbocycles. The van der Waals surface area contributed by atoms with E-state index >= 15 is 0 Å². The third-order valence-electron chi connectivity index (χ3n) is 3.44. The van der Waals surface area contributed by atoms with Gasteiger partial charge in [-0.1, -0.05) is 12.1 Å². The lowest BCUT2D eigenvalue weighted by atomic mass is 10.2. The highest BCUT2D eigenvalue weighted by molar-refractivity contribution is 5.50. The Labute approximate surface area is 126 Å². The molecular weight excluding hydrogens is 262 g/mol. The summed E-state index contributed by atoms with van der Waals surface area (Å²) >= 11 is 0. The maximum atomic E-state index is 5.66. The minimum atomic E-state index is 0.702. The number of nitrogens with two attached hydrogens (primary N) is 1. The molecule has 112 valence electrons. The molecule has 0 aliphatic heterocycles. The van der Waals surface area contributed by atoms with Crippen molar-refractivity contribution >= 4 is 5.69 Å². The molecule has 21 heavy (non-hydrogen) atoms. The normalized spacial score (nSPS) is 10.4. The molecule has 0 saturated heterocycles. The summed E-state index contributed by atoms with van der Waals surface area (Å²) in [5.74, 6) is 0.881. The van der Waals surface area contributed by atoms with Gasteiger partial charge in [-0.05, 0) is 43.1 Å². The van der Waals surface area contributed by atoms with E-state index in [1.54, 1.807) is 13.3 Å². The fourth-order valence-corrected chi connectivity index (χ4v) is 2.27. The van der Waals surface area contributed by atoms with Crippen molar-refractivity contribution in [2.75, 3.05) is 31.6 Å². The number of rotatable bonds is 8. The van der Waals surface area contributed by atoms with E-state index in [2.05, 4.69) is 28.1 Å². The SMILES string of the molecule is COc1cccc(N(CCCN)CCc2cccnc2)c1. The molecular formula is C17H23N3O. The van der Waals surface area contributed by atoms with E-state index in [1.807, 2.05) is 24.4 Å². The number of hydrogen-bond donors (Lipinski definition) is 1. The average molecular weight is 285 g/mol. The van der Waals surface area contributed by atoms with Gasteiger partial charge in [0.15, 0.2) is 0 Å².